The number of carbonyl (C=O) groups is 2. The Hall–Kier alpha value is -3.62. The molecule has 0 spiro atoms. The fraction of sp³-hybridized carbons (Fsp3) is 0.300. The number of aromatic amines is 1. The van der Waals surface area contributed by atoms with Crippen LogP contribution >= 0.6 is 0 Å². The number of hydrogen-bond acceptors (Lipinski definition) is 7. The van der Waals surface area contributed by atoms with E-state index in [2.05, 4.69) is 19.9 Å². The van der Waals surface area contributed by atoms with Gasteiger partial charge < -0.3 is 10.8 Å². The Kier molecular flexibility index (Phi) is 5.96. The highest BCUT2D eigenvalue weighted by molar-refractivity contribution is 5.97. The number of H-pyrrole nitrogens is 1. The topological polar surface area (TPSA) is 152 Å². The molecule has 29 heavy (non-hydrogen) atoms. The zero-order chi connectivity index (χ0) is 21.0. The van der Waals surface area contributed by atoms with Crippen molar-refractivity contribution in [2.75, 3.05) is 5.73 Å². The molecule has 0 aliphatic heterocycles. The van der Waals surface area contributed by atoms with E-state index in [0.717, 1.165) is 5.56 Å². The van der Waals surface area contributed by atoms with E-state index in [1.807, 2.05) is 12.1 Å². The summed E-state index contributed by atoms with van der Waals surface area (Å²) in [6.07, 6.45) is 3.16. The maximum Gasteiger partial charge on any atom is 0.306 e. The number of carboxylic acid groups (broad SMARTS) is 1. The van der Waals surface area contributed by atoms with Crippen LogP contribution in [0.25, 0.3) is 11.2 Å². The van der Waals surface area contributed by atoms with Crippen molar-refractivity contribution in [2.45, 2.75) is 32.6 Å². The number of fused-ring (bicyclic) bond motifs is 1. The predicted molar refractivity (Wildman–Crippen MR) is 107 cm³/mol. The SMILES string of the molecule is CC[C@@H](CC(=O)c1ccc(CCc2cnc3nc(N)[nH]c(=O)c3n2)cc1)C(=O)O. The maximum absolute atomic E-state index is 12.3. The van der Waals surface area contributed by atoms with Gasteiger partial charge in [0.05, 0.1) is 17.8 Å². The van der Waals surface area contributed by atoms with Crippen LogP contribution < -0.4 is 11.3 Å². The summed E-state index contributed by atoms with van der Waals surface area (Å²) in [5, 5.41) is 9.09. The lowest BCUT2D eigenvalue weighted by Gasteiger charge is -2.09. The molecule has 0 fully saturated rings. The maximum atomic E-state index is 12.3. The molecule has 150 valence electrons. The number of carbonyl (C=O) groups excluding carboxylic acids is 1. The van der Waals surface area contributed by atoms with Gasteiger partial charge in [-0.2, -0.15) is 4.98 Å². The number of anilines is 1. The van der Waals surface area contributed by atoms with E-state index in [4.69, 9.17) is 10.8 Å². The van der Waals surface area contributed by atoms with E-state index < -0.39 is 17.4 Å². The van der Waals surface area contributed by atoms with Gasteiger partial charge in [-0.1, -0.05) is 31.2 Å². The monoisotopic (exact) mass is 395 g/mol. The highest BCUT2D eigenvalue weighted by atomic mass is 16.4. The van der Waals surface area contributed by atoms with Crippen LogP contribution in [0.5, 0.6) is 0 Å². The lowest BCUT2D eigenvalue weighted by Crippen LogP contribution is -2.17. The molecule has 0 saturated heterocycles. The van der Waals surface area contributed by atoms with Crippen LogP contribution in [-0.4, -0.2) is 36.8 Å². The molecule has 0 radical (unpaired) electrons. The Morgan fingerprint density at radius 3 is 2.55 bits per heavy atom. The van der Waals surface area contributed by atoms with Gasteiger partial charge in [0.1, 0.15) is 0 Å². The second-order valence-corrected chi connectivity index (χ2v) is 6.75. The lowest BCUT2D eigenvalue weighted by atomic mass is 9.95. The van der Waals surface area contributed by atoms with Crippen molar-refractivity contribution in [3.63, 3.8) is 0 Å². The van der Waals surface area contributed by atoms with E-state index in [1.165, 1.54) is 0 Å². The van der Waals surface area contributed by atoms with Crippen molar-refractivity contribution in [3.8, 4) is 0 Å². The smallest absolute Gasteiger partial charge is 0.306 e. The predicted octanol–water partition coefficient (Wildman–Crippen LogP) is 1.76. The number of aliphatic carboxylic acids is 1. The largest absolute Gasteiger partial charge is 0.481 e. The molecule has 0 aliphatic carbocycles. The van der Waals surface area contributed by atoms with Gasteiger partial charge in [0, 0.05) is 12.0 Å². The number of Topliss-reactive ketones (excluding diaryl/α,β-unsaturated/α-hetero) is 1. The standard InChI is InChI=1S/C20H21N5O4/c1-2-12(19(28)29)9-15(26)13-6-3-11(4-7-13)5-8-14-10-22-17-16(23-14)18(27)25-20(21)24-17/h3-4,6-7,10,12H,2,5,8-9H2,1H3,(H,28,29)(H3,21,22,24,25,27)/t12-/m0/s1. The summed E-state index contributed by atoms with van der Waals surface area (Å²) in [5.41, 5.74) is 7.52. The van der Waals surface area contributed by atoms with Crippen LogP contribution in [-0.2, 0) is 17.6 Å². The molecule has 3 rings (SSSR count). The summed E-state index contributed by atoms with van der Waals surface area (Å²) in [5.74, 6) is -1.81. The van der Waals surface area contributed by atoms with Crippen molar-refractivity contribution in [1.29, 1.82) is 0 Å². The highest BCUT2D eigenvalue weighted by Gasteiger charge is 2.20. The van der Waals surface area contributed by atoms with Crippen molar-refractivity contribution in [1.82, 2.24) is 19.9 Å². The zero-order valence-electron chi connectivity index (χ0n) is 15.9. The van der Waals surface area contributed by atoms with Crippen molar-refractivity contribution >= 4 is 28.9 Å². The number of benzene rings is 1. The Morgan fingerprint density at radius 2 is 1.90 bits per heavy atom. The number of carboxylic acids is 1. The van der Waals surface area contributed by atoms with Gasteiger partial charge in [0.2, 0.25) is 5.95 Å². The number of nitrogens with two attached hydrogens (primary N) is 1. The third-order valence-electron chi connectivity index (χ3n) is 4.71. The first kappa shape index (κ1) is 20.1. The quantitative estimate of drug-likeness (QED) is 0.488. The van der Waals surface area contributed by atoms with E-state index >= 15 is 0 Å². The number of aromatic nitrogens is 4. The van der Waals surface area contributed by atoms with Crippen LogP contribution in [0, 0.1) is 5.92 Å². The van der Waals surface area contributed by atoms with Crippen molar-refractivity contribution in [3.05, 3.63) is 57.6 Å². The summed E-state index contributed by atoms with van der Waals surface area (Å²) in [6.45, 7) is 1.75. The Morgan fingerprint density at radius 1 is 1.17 bits per heavy atom. The van der Waals surface area contributed by atoms with Gasteiger partial charge in [-0.05, 0) is 24.8 Å². The second kappa shape index (κ2) is 8.59. The fourth-order valence-electron chi connectivity index (χ4n) is 2.97. The first-order valence-electron chi connectivity index (χ1n) is 9.23. The first-order chi connectivity index (χ1) is 13.9. The van der Waals surface area contributed by atoms with Crippen LogP contribution in [0.1, 0.15) is 41.4 Å². The third kappa shape index (κ3) is 4.81. The first-order valence-corrected chi connectivity index (χ1v) is 9.23. The van der Waals surface area contributed by atoms with E-state index in [0.29, 0.717) is 30.5 Å². The minimum atomic E-state index is -0.953. The highest BCUT2D eigenvalue weighted by Crippen LogP contribution is 2.15. The average molecular weight is 395 g/mol. The number of rotatable bonds is 8. The molecule has 3 aromatic rings. The average Bonchev–Trinajstić information content (AvgIpc) is 2.70. The molecule has 0 unspecified atom stereocenters. The lowest BCUT2D eigenvalue weighted by molar-refractivity contribution is -0.141. The van der Waals surface area contributed by atoms with Crippen LogP contribution in [0.4, 0.5) is 5.95 Å². The third-order valence-corrected chi connectivity index (χ3v) is 4.71. The fourth-order valence-corrected chi connectivity index (χ4v) is 2.97. The summed E-state index contributed by atoms with van der Waals surface area (Å²) < 4.78 is 0. The van der Waals surface area contributed by atoms with Crippen molar-refractivity contribution in [2.24, 2.45) is 5.92 Å². The minimum absolute atomic E-state index is 0.00667. The second-order valence-electron chi connectivity index (χ2n) is 6.75. The van der Waals surface area contributed by atoms with Crippen LogP contribution in [0.2, 0.25) is 0 Å². The molecule has 9 nitrogen and oxygen atoms in total. The van der Waals surface area contributed by atoms with Crippen molar-refractivity contribution < 1.29 is 14.7 Å². The Labute approximate surface area is 166 Å². The molecule has 0 saturated carbocycles. The van der Waals surface area contributed by atoms with Gasteiger partial charge in [-0.15, -0.1) is 0 Å². The number of nitrogens with one attached hydrogen (secondary N) is 1. The molecule has 1 atom stereocenters. The van der Waals surface area contributed by atoms with Gasteiger partial charge >= 0.3 is 5.97 Å². The van der Waals surface area contributed by atoms with Crippen LogP contribution in [0.15, 0.2) is 35.3 Å². The van der Waals surface area contributed by atoms with Gasteiger partial charge in [0.25, 0.3) is 5.56 Å². The summed E-state index contributed by atoms with van der Waals surface area (Å²) in [7, 11) is 0. The number of nitrogen functional groups attached to an aromatic ring is 1. The molecule has 2 aromatic heterocycles. The van der Waals surface area contributed by atoms with Gasteiger partial charge in [-0.3, -0.25) is 19.4 Å². The minimum Gasteiger partial charge on any atom is -0.481 e. The molecule has 2 heterocycles. The normalized spacial score (nSPS) is 12.0. The summed E-state index contributed by atoms with van der Waals surface area (Å²) in [6, 6.07) is 7.07. The molecule has 4 N–H and O–H groups in total. The number of hydrogen-bond donors (Lipinski definition) is 3. The molecule has 0 amide bonds. The molecule has 0 aliphatic rings. The van der Waals surface area contributed by atoms with E-state index in [1.54, 1.807) is 25.3 Å². The number of aryl methyl sites for hydroxylation is 2. The molecule has 9 heteroatoms. The Balaban J connectivity index is 1.66. The van der Waals surface area contributed by atoms with Gasteiger partial charge in [0.15, 0.2) is 16.9 Å². The zero-order valence-corrected chi connectivity index (χ0v) is 15.9. The number of nitrogens with zero attached hydrogens (tertiary/aromatic N) is 3. The van der Waals surface area contributed by atoms with E-state index in [-0.39, 0.29) is 29.3 Å². The summed E-state index contributed by atoms with van der Waals surface area (Å²) >= 11 is 0. The van der Waals surface area contributed by atoms with Crippen LogP contribution in [0.3, 0.4) is 0 Å². The number of ketones is 1. The van der Waals surface area contributed by atoms with Gasteiger partial charge in [-0.25, -0.2) is 9.97 Å². The molecular formula is C20H21N5O4. The summed E-state index contributed by atoms with van der Waals surface area (Å²) in [4.78, 5) is 50.0. The Bertz CT molecular complexity index is 1110. The van der Waals surface area contributed by atoms with E-state index in [9.17, 15) is 14.4 Å². The molecule has 1 aromatic carbocycles. The molecule has 0 bridgehead atoms. The molecular weight excluding hydrogens is 374 g/mol.